The fourth-order valence-electron chi connectivity index (χ4n) is 3.29. The van der Waals surface area contributed by atoms with Crippen molar-refractivity contribution in [3.63, 3.8) is 0 Å². The number of allylic oxidation sites excluding steroid dienone is 1. The van der Waals surface area contributed by atoms with Gasteiger partial charge in [0.1, 0.15) is 24.3 Å². The molecule has 0 bridgehead atoms. The Kier molecular flexibility index (Phi) is 4.07. The Hall–Kier alpha value is -0.870. The monoisotopic (exact) mass is 253 g/mol. The molecule has 2 rings (SSSR count). The van der Waals surface area contributed by atoms with Crippen LogP contribution in [0.5, 0.6) is 0 Å². The molecule has 4 nitrogen and oxygen atoms in total. The van der Waals surface area contributed by atoms with Crippen molar-refractivity contribution in [1.29, 1.82) is 0 Å². The van der Waals surface area contributed by atoms with Gasteiger partial charge in [-0.05, 0) is 26.2 Å². The summed E-state index contributed by atoms with van der Waals surface area (Å²) in [7, 11) is 0. The Labute approximate surface area is 109 Å². The van der Waals surface area contributed by atoms with Gasteiger partial charge in [-0.1, -0.05) is 17.3 Å². The molecule has 0 unspecified atom stereocenters. The molecule has 0 aromatic rings. The molecule has 0 aromatic carbocycles. The molecule has 102 valence electrons. The van der Waals surface area contributed by atoms with Crippen LogP contribution in [0.4, 0.5) is 0 Å². The SMILES string of the molecule is C=C(C)[C@@H]1CC[C@](C)([NH+]2CCOCC2)/C(=N\O)C1. The third-order valence-corrected chi connectivity index (χ3v) is 4.76. The van der Waals surface area contributed by atoms with Crippen LogP contribution in [0, 0.1) is 5.92 Å². The molecule has 2 aliphatic rings. The fourth-order valence-corrected chi connectivity index (χ4v) is 3.29. The standard InChI is InChI=1S/C14H24N2O2/c1-11(2)12-4-5-14(3,13(10-12)15-17)16-6-8-18-9-7-16/h12,17H,1,4-10H2,2-3H3/p+1/b15-13-/t12-,14+/m1/s1. The Bertz CT molecular complexity index is 348. The maximum atomic E-state index is 9.37. The van der Waals surface area contributed by atoms with Crippen LogP contribution in [0.1, 0.15) is 33.1 Å². The predicted molar refractivity (Wildman–Crippen MR) is 71.3 cm³/mol. The minimum absolute atomic E-state index is 0.0233. The molecule has 0 spiro atoms. The van der Waals surface area contributed by atoms with E-state index in [1.165, 1.54) is 10.5 Å². The summed E-state index contributed by atoms with van der Waals surface area (Å²) >= 11 is 0. The molecule has 2 atom stereocenters. The van der Waals surface area contributed by atoms with Gasteiger partial charge in [0.05, 0.1) is 13.2 Å². The van der Waals surface area contributed by atoms with Crippen molar-refractivity contribution >= 4 is 5.71 Å². The van der Waals surface area contributed by atoms with Gasteiger partial charge in [-0.25, -0.2) is 0 Å². The zero-order valence-corrected chi connectivity index (χ0v) is 11.5. The highest BCUT2D eigenvalue weighted by atomic mass is 16.5. The summed E-state index contributed by atoms with van der Waals surface area (Å²) in [6.07, 6.45) is 3.07. The first kappa shape index (κ1) is 13.6. The first-order valence-electron chi connectivity index (χ1n) is 6.87. The zero-order chi connectivity index (χ0) is 13.2. The minimum atomic E-state index is -0.0233. The molecule has 0 radical (unpaired) electrons. The topological polar surface area (TPSA) is 46.3 Å². The molecular formula is C14H25N2O2+. The van der Waals surface area contributed by atoms with Crippen LogP contribution < -0.4 is 4.90 Å². The van der Waals surface area contributed by atoms with Gasteiger partial charge in [-0.15, -0.1) is 0 Å². The van der Waals surface area contributed by atoms with Crippen molar-refractivity contribution in [1.82, 2.24) is 0 Å². The van der Waals surface area contributed by atoms with Crippen LogP contribution in [-0.4, -0.2) is 42.8 Å². The molecule has 1 saturated heterocycles. The summed E-state index contributed by atoms with van der Waals surface area (Å²) in [5.74, 6) is 0.476. The highest BCUT2D eigenvalue weighted by molar-refractivity contribution is 5.92. The Balaban J connectivity index is 2.14. The lowest BCUT2D eigenvalue weighted by atomic mass is 9.73. The van der Waals surface area contributed by atoms with Gasteiger partial charge in [0, 0.05) is 12.8 Å². The van der Waals surface area contributed by atoms with Gasteiger partial charge >= 0.3 is 0 Å². The van der Waals surface area contributed by atoms with Gasteiger partial charge in [-0.2, -0.15) is 0 Å². The molecule has 1 saturated carbocycles. The lowest BCUT2D eigenvalue weighted by molar-refractivity contribution is -0.946. The molecule has 2 N–H and O–H groups in total. The predicted octanol–water partition coefficient (Wildman–Crippen LogP) is 0.867. The van der Waals surface area contributed by atoms with E-state index in [9.17, 15) is 5.21 Å². The first-order valence-corrected chi connectivity index (χ1v) is 6.87. The average Bonchev–Trinajstić information content (AvgIpc) is 2.40. The molecule has 1 aliphatic heterocycles. The summed E-state index contributed by atoms with van der Waals surface area (Å²) in [5, 5.41) is 13.0. The first-order chi connectivity index (χ1) is 8.58. The molecule has 1 aliphatic carbocycles. The Morgan fingerprint density at radius 1 is 1.50 bits per heavy atom. The van der Waals surface area contributed by atoms with E-state index in [2.05, 4.69) is 25.6 Å². The molecule has 0 amide bonds. The van der Waals surface area contributed by atoms with Crippen LogP contribution in [0.25, 0.3) is 0 Å². The van der Waals surface area contributed by atoms with Crippen LogP contribution in [0.15, 0.2) is 17.3 Å². The van der Waals surface area contributed by atoms with Crippen LogP contribution in [-0.2, 0) is 4.74 Å². The van der Waals surface area contributed by atoms with Gasteiger partial charge in [0.25, 0.3) is 0 Å². The van der Waals surface area contributed by atoms with Crippen LogP contribution in [0.2, 0.25) is 0 Å². The second kappa shape index (κ2) is 5.41. The van der Waals surface area contributed by atoms with Crippen molar-refractivity contribution in [3.8, 4) is 0 Å². The van der Waals surface area contributed by atoms with E-state index in [0.29, 0.717) is 5.92 Å². The molecule has 0 aromatic heterocycles. The van der Waals surface area contributed by atoms with Gasteiger partial charge in [-0.3, -0.25) is 0 Å². The number of oxime groups is 1. The van der Waals surface area contributed by atoms with E-state index in [0.717, 1.165) is 51.3 Å². The molecule has 4 heteroatoms. The van der Waals surface area contributed by atoms with Crippen LogP contribution in [0.3, 0.4) is 0 Å². The summed E-state index contributed by atoms with van der Waals surface area (Å²) in [6, 6.07) is 0. The fraction of sp³-hybridized carbons (Fsp3) is 0.786. The quantitative estimate of drug-likeness (QED) is 0.436. The number of rotatable bonds is 2. The second-order valence-corrected chi connectivity index (χ2v) is 5.88. The lowest BCUT2D eigenvalue weighted by Gasteiger charge is -2.44. The normalized spacial score (nSPS) is 36.8. The summed E-state index contributed by atoms with van der Waals surface area (Å²) in [5.41, 5.74) is 2.12. The van der Waals surface area contributed by atoms with Crippen molar-refractivity contribution in [2.75, 3.05) is 26.3 Å². The summed E-state index contributed by atoms with van der Waals surface area (Å²) in [6.45, 7) is 12.0. The lowest BCUT2D eigenvalue weighted by Crippen LogP contribution is -3.22. The maximum Gasteiger partial charge on any atom is 0.137 e. The third kappa shape index (κ3) is 2.45. The van der Waals surface area contributed by atoms with E-state index in [1.54, 1.807) is 0 Å². The summed E-state index contributed by atoms with van der Waals surface area (Å²) < 4.78 is 5.43. The molecule has 2 fully saturated rings. The largest absolute Gasteiger partial charge is 0.411 e. The third-order valence-electron chi connectivity index (χ3n) is 4.76. The Morgan fingerprint density at radius 3 is 2.72 bits per heavy atom. The number of hydrogen-bond acceptors (Lipinski definition) is 3. The van der Waals surface area contributed by atoms with Gasteiger partial charge in [0.2, 0.25) is 0 Å². The number of quaternary nitrogens is 1. The maximum absolute atomic E-state index is 9.37. The number of hydrogen-bond donors (Lipinski definition) is 2. The average molecular weight is 253 g/mol. The van der Waals surface area contributed by atoms with Crippen molar-refractivity contribution in [2.24, 2.45) is 11.1 Å². The summed E-state index contributed by atoms with van der Waals surface area (Å²) in [4.78, 5) is 1.50. The van der Waals surface area contributed by atoms with Gasteiger partial charge < -0.3 is 14.8 Å². The van der Waals surface area contributed by atoms with Crippen molar-refractivity contribution < 1.29 is 14.8 Å². The van der Waals surface area contributed by atoms with E-state index in [4.69, 9.17) is 4.74 Å². The zero-order valence-electron chi connectivity index (χ0n) is 11.5. The molecular weight excluding hydrogens is 228 g/mol. The smallest absolute Gasteiger partial charge is 0.137 e. The van der Waals surface area contributed by atoms with E-state index in [-0.39, 0.29) is 5.54 Å². The molecule has 1 heterocycles. The van der Waals surface area contributed by atoms with Crippen LogP contribution >= 0.6 is 0 Å². The van der Waals surface area contributed by atoms with E-state index >= 15 is 0 Å². The minimum Gasteiger partial charge on any atom is -0.411 e. The second-order valence-electron chi connectivity index (χ2n) is 5.88. The molecule has 18 heavy (non-hydrogen) atoms. The van der Waals surface area contributed by atoms with Crippen molar-refractivity contribution in [2.45, 2.75) is 38.6 Å². The van der Waals surface area contributed by atoms with Gasteiger partial charge in [0.15, 0.2) is 0 Å². The Morgan fingerprint density at radius 2 is 2.17 bits per heavy atom. The number of nitrogens with one attached hydrogen (secondary N) is 1. The number of morpholine rings is 1. The van der Waals surface area contributed by atoms with E-state index in [1.807, 2.05) is 0 Å². The number of ether oxygens (including phenoxy) is 1. The van der Waals surface area contributed by atoms with Crippen molar-refractivity contribution in [3.05, 3.63) is 12.2 Å². The number of nitrogens with zero attached hydrogens (tertiary/aromatic N) is 1. The van der Waals surface area contributed by atoms with E-state index < -0.39 is 0 Å². The highest BCUT2D eigenvalue weighted by Gasteiger charge is 2.46. The highest BCUT2D eigenvalue weighted by Crippen LogP contribution is 2.32.